The van der Waals surface area contributed by atoms with Gasteiger partial charge in [-0.2, -0.15) is 0 Å². The number of nitrogens with one attached hydrogen (secondary N) is 2. The number of hydrogen-bond donors (Lipinski definition) is 2. The average molecular weight is 507 g/mol. The second-order valence-corrected chi connectivity index (χ2v) is 10.3. The maximum atomic E-state index is 12.5. The highest BCUT2D eigenvalue weighted by atomic mass is 35.5. The van der Waals surface area contributed by atoms with Crippen LogP contribution in [0.15, 0.2) is 42.5 Å². The molecule has 0 saturated carbocycles. The summed E-state index contributed by atoms with van der Waals surface area (Å²) in [6, 6.07) is 12.0. The zero-order valence-corrected chi connectivity index (χ0v) is 21.4. The van der Waals surface area contributed by atoms with Gasteiger partial charge in [0, 0.05) is 12.1 Å². The van der Waals surface area contributed by atoms with E-state index in [1.54, 1.807) is 33.1 Å². The summed E-state index contributed by atoms with van der Waals surface area (Å²) in [4.78, 5) is 12.5. The summed E-state index contributed by atoms with van der Waals surface area (Å²) in [7, 11) is -1.93. The van der Waals surface area contributed by atoms with E-state index in [9.17, 15) is 13.2 Å². The van der Waals surface area contributed by atoms with Gasteiger partial charge in [-0.25, -0.2) is 13.1 Å². The summed E-state index contributed by atoms with van der Waals surface area (Å²) < 4.78 is 37.3. The van der Waals surface area contributed by atoms with Crippen molar-refractivity contribution in [3.8, 4) is 23.3 Å². The van der Waals surface area contributed by atoms with Crippen LogP contribution < -0.4 is 19.5 Å². The molecule has 0 aliphatic heterocycles. The summed E-state index contributed by atoms with van der Waals surface area (Å²) in [6.07, 6.45) is 0.542. The van der Waals surface area contributed by atoms with Crippen LogP contribution in [0.5, 0.6) is 11.5 Å². The van der Waals surface area contributed by atoms with E-state index in [1.165, 1.54) is 6.92 Å². The van der Waals surface area contributed by atoms with E-state index in [-0.39, 0.29) is 24.2 Å². The van der Waals surface area contributed by atoms with E-state index in [0.29, 0.717) is 29.5 Å². The van der Waals surface area contributed by atoms with Crippen LogP contribution in [0, 0.1) is 17.8 Å². The molecule has 0 radical (unpaired) electrons. The van der Waals surface area contributed by atoms with E-state index >= 15 is 0 Å². The van der Waals surface area contributed by atoms with E-state index in [4.69, 9.17) is 21.1 Å². The molecule has 0 spiro atoms. The lowest BCUT2D eigenvalue weighted by Crippen LogP contribution is -2.50. The Morgan fingerprint density at radius 3 is 2.53 bits per heavy atom. The van der Waals surface area contributed by atoms with Gasteiger partial charge < -0.3 is 14.8 Å². The van der Waals surface area contributed by atoms with Crippen LogP contribution in [0.2, 0.25) is 5.02 Å². The van der Waals surface area contributed by atoms with Crippen LogP contribution >= 0.6 is 11.6 Å². The van der Waals surface area contributed by atoms with Crippen molar-refractivity contribution in [1.29, 1.82) is 0 Å². The topological polar surface area (TPSA) is 93.7 Å². The van der Waals surface area contributed by atoms with Gasteiger partial charge in [0.25, 0.3) is 0 Å². The number of sulfonamides is 1. The van der Waals surface area contributed by atoms with E-state index in [2.05, 4.69) is 21.9 Å². The molecular weight excluding hydrogens is 476 g/mol. The van der Waals surface area contributed by atoms with Crippen molar-refractivity contribution in [3.05, 3.63) is 58.6 Å². The number of hydrogen-bond acceptors (Lipinski definition) is 5. The number of halogens is 1. The van der Waals surface area contributed by atoms with Crippen LogP contribution in [0.4, 0.5) is 0 Å². The Kier molecular flexibility index (Phi) is 10.7. The van der Waals surface area contributed by atoms with Crippen molar-refractivity contribution in [2.45, 2.75) is 33.2 Å². The smallest absolute Gasteiger partial charge is 0.238 e. The summed E-state index contributed by atoms with van der Waals surface area (Å²) >= 11 is 6.09. The van der Waals surface area contributed by atoms with Crippen LogP contribution in [0.25, 0.3) is 0 Å². The van der Waals surface area contributed by atoms with Crippen molar-refractivity contribution in [2.24, 2.45) is 5.92 Å². The SMILES string of the molecule is CCS(=O)(=O)NC(C(=O)NCCc1ccc(OCC#Cc2ccccc2Cl)c(OC)c1)C(C)C. The zero-order valence-electron chi connectivity index (χ0n) is 19.9. The number of ether oxygens (including phenoxy) is 2. The summed E-state index contributed by atoms with van der Waals surface area (Å²) in [5.41, 5.74) is 1.67. The molecule has 2 aromatic carbocycles. The Morgan fingerprint density at radius 2 is 1.88 bits per heavy atom. The molecule has 0 aliphatic carbocycles. The molecule has 184 valence electrons. The molecular formula is C25H31ClN2O5S. The highest BCUT2D eigenvalue weighted by Gasteiger charge is 2.26. The van der Waals surface area contributed by atoms with Crippen LogP contribution in [-0.2, 0) is 21.2 Å². The Balaban J connectivity index is 1.93. The minimum atomic E-state index is -3.48. The fourth-order valence-corrected chi connectivity index (χ4v) is 4.12. The first-order valence-electron chi connectivity index (χ1n) is 11.0. The van der Waals surface area contributed by atoms with Crippen molar-refractivity contribution >= 4 is 27.5 Å². The number of rotatable bonds is 11. The molecule has 1 unspecified atom stereocenters. The Morgan fingerprint density at radius 1 is 1.15 bits per heavy atom. The molecule has 34 heavy (non-hydrogen) atoms. The largest absolute Gasteiger partial charge is 0.493 e. The first kappa shape index (κ1) is 27.5. The minimum Gasteiger partial charge on any atom is -0.493 e. The molecule has 0 fully saturated rings. The average Bonchev–Trinajstić information content (AvgIpc) is 2.81. The molecule has 0 saturated heterocycles. The summed E-state index contributed by atoms with van der Waals surface area (Å²) in [5, 5.41) is 3.40. The van der Waals surface area contributed by atoms with Crippen molar-refractivity contribution < 1.29 is 22.7 Å². The van der Waals surface area contributed by atoms with Crippen molar-refractivity contribution in [3.63, 3.8) is 0 Å². The maximum absolute atomic E-state index is 12.5. The second-order valence-electron chi connectivity index (χ2n) is 7.84. The van der Waals surface area contributed by atoms with Crippen LogP contribution in [0.3, 0.4) is 0 Å². The molecule has 1 atom stereocenters. The van der Waals surface area contributed by atoms with Gasteiger partial charge in [0.05, 0.1) is 17.9 Å². The monoisotopic (exact) mass is 506 g/mol. The Labute approximate surface area is 207 Å². The first-order valence-corrected chi connectivity index (χ1v) is 13.0. The molecule has 0 bridgehead atoms. The molecule has 2 aromatic rings. The number of benzene rings is 2. The zero-order chi connectivity index (χ0) is 25.1. The quantitative estimate of drug-likeness (QED) is 0.455. The highest BCUT2D eigenvalue weighted by molar-refractivity contribution is 7.89. The van der Waals surface area contributed by atoms with Crippen molar-refractivity contribution in [1.82, 2.24) is 10.0 Å². The van der Waals surface area contributed by atoms with Gasteiger partial charge in [0.15, 0.2) is 11.5 Å². The van der Waals surface area contributed by atoms with Crippen molar-refractivity contribution in [2.75, 3.05) is 26.0 Å². The van der Waals surface area contributed by atoms with Gasteiger partial charge in [0.2, 0.25) is 15.9 Å². The maximum Gasteiger partial charge on any atom is 0.238 e. The van der Waals surface area contributed by atoms with Gasteiger partial charge in [-0.05, 0) is 49.1 Å². The summed E-state index contributed by atoms with van der Waals surface area (Å²) in [6.45, 7) is 5.64. The second kappa shape index (κ2) is 13.2. The summed E-state index contributed by atoms with van der Waals surface area (Å²) in [5.74, 6) is 6.41. The molecule has 0 aromatic heterocycles. The predicted molar refractivity (Wildman–Crippen MR) is 135 cm³/mol. The molecule has 0 aliphatic rings. The van der Waals surface area contributed by atoms with Gasteiger partial charge >= 0.3 is 0 Å². The fourth-order valence-electron chi connectivity index (χ4n) is 3.00. The minimum absolute atomic E-state index is 0.0801. The molecule has 7 nitrogen and oxygen atoms in total. The number of methoxy groups -OCH3 is 1. The predicted octanol–water partition coefficient (Wildman–Crippen LogP) is 3.40. The number of carbonyl (C=O) groups is 1. The first-order chi connectivity index (χ1) is 16.2. The normalized spacial score (nSPS) is 11.9. The Bertz CT molecular complexity index is 1140. The van der Waals surface area contributed by atoms with E-state index < -0.39 is 16.1 Å². The fraction of sp³-hybridized carbons (Fsp3) is 0.400. The van der Waals surface area contributed by atoms with Crippen LogP contribution in [0.1, 0.15) is 31.9 Å². The van der Waals surface area contributed by atoms with Gasteiger partial charge in [-0.1, -0.05) is 55.5 Å². The molecule has 0 heterocycles. The molecule has 2 rings (SSSR count). The number of carbonyl (C=O) groups excluding carboxylic acids is 1. The third-order valence-corrected chi connectivity index (χ3v) is 6.68. The lowest BCUT2D eigenvalue weighted by molar-refractivity contribution is -0.123. The van der Waals surface area contributed by atoms with Gasteiger partial charge in [-0.15, -0.1) is 0 Å². The standard InChI is InChI=1S/C25H31ClN2O5S/c1-5-34(30,31)28-24(18(2)3)25(29)27-15-14-19-12-13-22(23(17-19)32-4)33-16-8-10-20-9-6-7-11-21(20)26/h6-7,9,11-13,17-18,24,28H,5,14-16H2,1-4H3,(H,27,29). The molecule has 9 heteroatoms. The lowest BCUT2D eigenvalue weighted by atomic mass is 10.0. The van der Waals surface area contributed by atoms with Gasteiger partial charge in [0.1, 0.15) is 12.6 Å². The van der Waals surface area contributed by atoms with Crippen LogP contribution in [-0.4, -0.2) is 46.4 Å². The lowest BCUT2D eigenvalue weighted by Gasteiger charge is -2.21. The molecule has 2 N–H and O–H groups in total. The van der Waals surface area contributed by atoms with E-state index in [1.807, 2.05) is 30.3 Å². The molecule has 1 amide bonds. The highest BCUT2D eigenvalue weighted by Crippen LogP contribution is 2.28. The van der Waals surface area contributed by atoms with E-state index in [0.717, 1.165) is 11.1 Å². The Hall–Kier alpha value is -2.73. The third kappa shape index (κ3) is 8.56. The third-order valence-electron chi connectivity index (χ3n) is 4.97. The van der Waals surface area contributed by atoms with Gasteiger partial charge in [-0.3, -0.25) is 4.79 Å². The number of amides is 1.